The number of phenols is 1. The molecular weight excluding hydrogens is 556 g/mol. The number of rotatable bonds is 24. The normalized spacial score (nSPS) is 11.1. The number of nitrogens with zero attached hydrogens (tertiary/aromatic N) is 2. The van der Waals surface area contributed by atoms with Crippen LogP contribution < -0.4 is 9.47 Å². The van der Waals surface area contributed by atoms with Crippen molar-refractivity contribution in [3.63, 3.8) is 0 Å². The van der Waals surface area contributed by atoms with Gasteiger partial charge in [-0.3, -0.25) is 4.99 Å². The molecule has 5 nitrogen and oxygen atoms in total. The van der Waals surface area contributed by atoms with E-state index >= 15 is 0 Å². The third-order valence-electron chi connectivity index (χ3n) is 8.15. The van der Waals surface area contributed by atoms with Gasteiger partial charge in [0.1, 0.15) is 17.2 Å². The zero-order chi connectivity index (χ0) is 31.8. The van der Waals surface area contributed by atoms with Gasteiger partial charge in [-0.2, -0.15) is 5.26 Å². The van der Waals surface area contributed by atoms with Crippen molar-refractivity contribution in [2.75, 3.05) is 19.8 Å². The minimum atomic E-state index is 0.232. The predicted octanol–water partition coefficient (Wildman–Crippen LogP) is 11.1. The zero-order valence-electron chi connectivity index (χ0n) is 27.5. The second-order valence-electron chi connectivity index (χ2n) is 12.0. The molecule has 0 amide bonds. The molecule has 0 heterocycles. The maximum Gasteiger partial charge on any atom is 0.128 e. The Bertz CT molecular complexity index is 1260. The lowest BCUT2D eigenvalue weighted by Gasteiger charge is -2.08. The maximum atomic E-state index is 10.3. The first kappa shape index (κ1) is 35.7. The summed E-state index contributed by atoms with van der Waals surface area (Å²) in [6, 6.07) is 23.5. The number of aromatic hydroxyl groups is 1. The number of hydrogen-bond donors (Lipinski definition) is 1. The molecule has 0 bridgehead atoms. The minimum absolute atomic E-state index is 0.232. The van der Waals surface area contributed by atoms with Gasteiger partial charge in [0, 0.05) is 24.4 Å². The standard InChI is InChI=1S/C40H54N2O3/c1-2-3-4-5-6-9-12-15-28-42-33-37-24-27-39(31-40(37)43)45-30-17-14-11-8-7-10-13-16-29-44-38-25-22-36(23-26-38)35-20-18-34(32-41)19-21-35/h18-27,31,33,43H,2-17,28-30H2,1H3. The summed E-state index contributed by atoms with van der Waals surface area (Å²) in [4.78, 5) is 4.50. The third-order valence-corrected chi connectivity index (χ3v) is 8.15. The molecule has 3 aromatic rings. The Morgan fingerprint density at radius 2 is 1.11 bits per heavy atom. The van der Waals surface area contributed by atoms with Crippen molar-refractivity contribution in [3.05, 3.63) is 77.9 Å². The first-order valence-electron chi connectivity index (χ1n) is 17.4. The van der Waals surface area contributed by atoms with Crippen molar-refractivity contribution in [3.8, 4) is 34.4 Å². The number of phenolic OH excluding ortho intramolecular Hbond substituents is 1. The molecule has 0 aromatic heterocycles. The van der Waals surface area contributed by atoms with E-state index in [1.165, 1.54) is 77.0 Å². The first-order valence-corrected chi connectivity index (χ1v) is 17.4. The molecule has 0 aliphatic carbocycles. The van der Waals surface area contributed by atoms with Gasteiger partial charge in [0.05, 0.1) is 24.8 Å². The fraction of sp³-hybridized carbons (Fsp3) is 0.500. The van der Waals surface area contributed by atoms with Gasteiger partial charge in [0.15, 0.2) is 0 Å². The van der Waals surface area contributed by atoms with Crippen LogP contribution in [0.3, 0.4) is 0 Å². The van der Waals surface area contributed by atoms with Crippen molar-refractivity contribution in [1.82, 2.24) is 0 Å². The van der Waals surface area contributed by atoms with Crippen LogP contribution in [-0.2, 0) is 0 Å². The molecule has 0 fully saturated rings. The summed E-state index contributed by atoms with van der Waals surface area (Å²) in [7, 11) is 0. The predicted molar refractivity (Wildman–Crippen MR) is 188 cm³/mol. The fourth-order valence-corrected chi connectivity index (χ4v) is 5.35. The molecule has 1 N–H and O–H groups in total. The molecule has 3 aromatic carbocycles. The molecule has 0 radical (unpaired) electrons. The molecule has 242 valence electrons. The van der Waals surface area contributed by atoms with E-state index in [0.717, 1.165) is 67.0 Å². The average molecular weight is 611 g/mol. The SMILES string of the molecule is CCCCCCCCCCN=Cc1ccc(OCCCCCCCCCCOc2ccc(-c3ccc(C#N)cc3)cc2)cc1O. The summed E-state index contributed by atoms with van der Waals surface area (Å²) in [5.41, 5.74) is 3.65. The highest BCUT2D eigenvalue weighted by atomic mass is 16.5. The Hall–Kier alpha value is -3.78. The number of nitriles is 1. The molecule has 0 aliphatic heterocycles. The van der Waals surface area contributed by atoms with Crippen LogP contribution in [0.25, 0.3) is 11.1 Å². The van der Waals surface area contributed by atoms with E-state index in [9.17, 15) is 5.11 Å². The number of unbranched alkanes of at least 4 members (excludes halogenated alkanes) is 14. The van der Waals surface area contributed by atoms with Gasteiger partial charge in [-0.25, -0.2) is 0 Å². The van der Waals surface area contributed by atoms with Crippen LogP contribution in [0.2, 0.25) is 0 Å². The van der Waals surface area contributed by atoms with Crippen LogP contribution >= 0.6 is 0 Å². The van der Waals surface area contributed by atoms with Crippen LogP contribution in [0.1, 0.15) is 121 Å². The van der Waals surface area contributed by atoms with Crippen molar-refractivity contribution in [2.45, 2.75) is 110 Å². The smallest absolute Gasteiger partial charge is 0.128 e. The average Bonchev–Trinajstić information content (AvgIpc) is 3.07. The lowest BCUT2D eigenvalue weighted by Crippen LogP contribution is -1.98. The molecule has 3 rings (SSSR count). The second kappa shape index (κ2) is 22.7. The van der Waals surface area contributed by atoms with Crippen LogP contribution in [-0.4, -0.2) is 31.1 Å². The highest BCUT2D eigenvalue weighted by molar-refractivity contribution is 5.83. The molecule has 5 heteroatoms. The lowest BCUT2D eigenvalue weighted by molar-refractivity contribution is 0.300. The largest absolute Gasteiger partial charge is 0.507 e. The van der Waals surface area contributed by atoms with Crippen molar-refractivity contribution >= 4 is 6.21 Å². The second-order valence-corrected chi connectivity index (χ2v) is 12.0. The molecule has 0 atom stereocenters. The lowest BCUT2D eigenvalue weighted by atomic mass is 10.0. The van der Waals surface area contributed by atoms with Gasteiger partial charge < -0.3 is 14.6 Å². The van der Waals surface area contributed by atoms with Gasteiger partial charge in [0.25, 0.3) is 0 Å². The van der Waals surface area contributed by atoms with Gasteiger partial charge in [0.2, 0.25) is 0 Å². The summed E-state index contributed by atoms with van der Waals surface area (Å²) in [6.07, 6.45) is 21.6. The summed E-state index contributed by atoms with van der Waals surface area (Å²) >= 11 is 0. The highest BCUT2D eigenvalue weighted by Gasteiger charge is 2.03. The van der Waals surface area contributed by atoms with E-state index in [1.807, 2.05) is 48.5 Å². The number of aliphatic imine (C=N–C) groups is 1. The Kier molecular flexibility index (Phi) is 18.0. The van der Waals surface area contributed by atoms with E-state index in [1.54, 1.807) is 12.3 Å². The number of ether oxygens (including phenoxy) is 2. The first-order chi connectivity index (χ1) is 22.2. The summed E-state index contributed by atoms with van der Waals surface area (Å²) in [6.45, 7) is 4.50. The monoisotopic (exact) mass is 610 g/mol. The molecular formula is C40H54N2O3. The van der Waals surface area contributed by atoms with E-state index in [2.05, 4.69) is 30.1 Å². The summed E-state index contributed by atoms with van der Waals surface area (Å²) < 4.78 is 11.8. The third kappa shape index (κ3) is 15.2. The van der Waals surface area contributed by atoms with Crippen molar-refractivity contribution < 1.29 is 14.6 Å². The Balaban J connectivity index is 1.13. The Morgan fingerprint density at radius 1 is 0.622 bits per heavy atom. The molecule has 0 aliphatic rings. The molecule has 0 unspecified atom stereocenters. The molecule has 0 saturated heterocycles. The van der Waals surface area contributed by atoms with Gasteiger partial charge in [-0.05, 0) is 66.8 Å². The van der Waals surface area contributed by atoms with Crippen LogP contribution in [0.15, 0.2) is 71.7 Å². The van der Waals surface area contributed by atoms with Crippen LogP contribution in [0.4, 0.5) is 0 Å². The van der Waals surface area contributed by atoms with Crippen molar-refractivity contribution in [2.24, 2.45) is 4.99 Å². The summed E-state index contributed by atoms with van der Waals surface area (Å²) in [5, 5.41) is 19.3. The van der Waals surface area contributed by atoms with E-state index in [-0.39, 0.29) is 5.75 Å². The minimum Gasteiger partial charge on any atom is -0.507 e. The van der Waals surface area contributed by atoms with Crippen LogP contribution in [0.5, 0.6) is 17.2 Å². The molecule has 0 saturated carbocycles. The van der Waals surface area contributed by atoms with Gasteiger partial charge in [-0.15, -0.1) is 0 Å². The quantitative estimate of drug-likeness (QED) is 0.0808. The Morgan fingerprint density at radius 3 is 1.67 bits per heavy atom. The summed E-state index contributed by atoms with van der Waals surface area (Å²) in [5.74, 6) is 1.85. The fourth-order valence-electron chi connectivity index (χ4n) is 5.35. The van der Waals surface area contributed by atoms with E-state index in [0.29, 0.717) is 12.2 Å². The molecule has 45 heavy (non-hydrogen) atoms. The number of hydrogen-bond acceptors (Lipinski definition) is 5. The highest BCUT2D eigenvalue weighted by Crippen LogP contribution is 2.24. The maximum absolute atomic E-state index is 10.3. The Labute approximate surface area is 272 Å². The number of benzene rings is 3. The molecule has 0 spiro atoms. The van der Waals surface area contributed by atoms with E-state index < -0.39 is 0 Å². The van der Waals surface area contributed by atoms with Crippen molar-refractivity contribution in [1.29, 1.82) is 5.26 Å². The van der Waals surface area contributed by atoms with E-state index in [4.69, 9.17) is 14.7 Å². The van der Waals surface area contributed by atoms with Gasteiger partial charge in [-0.1, -0.05) is 115 Å². The van der Waals surface area contributed by atoms with Gasteiger partial charge >= 0.3 is 0 Å². The zero-order valence-corrected chi connectivity index (χ0v) is 27.5. The topological polar surface area (TPSA) is 74.8 Å². The van der Waals surface area contributed by atoms with Crippen LogP contribution in [0, 0.1) is 11.3 Å².